The molecule has 1 fully saturated rings. The first kappa shape index (κ1) is 13.8. The summed E-state index contributed by atoms with van der Waals surface area (Å²) in [4.78, 5) is 4.86. The molecule has 1 aromatic heterocycles. The van der Waals surface area contributed by atoms with Gasteiger partial charge < -0.3 is 10.3 Å². The van der Waals surface area contributed by atoms with E-state index in [1.54, 1.807) is 0 Å². The lowest BCUT2D eigenvalue weighted by Gasteiger charge is -2.11. The molecule has 1 saturated carbocycles. The highest BCUT2D eigenvalue weighted by Gasteiger charge is 2.24. The average Bonchev–Trinajstić information content (AvgIpc) is 2.98. The van der Waals surface area contributed by atoms with Crippen molar-refractivity contribution in [3.63, 3.8) is 0 Å². The average molecular weight is 267 g/mol. The summed E-state index contributed by atoms with van der Waals surface area (Å²) in [6.45, 7) is 5.31. The van der Waals surface area contributed by atoms with E-state index in [1.165, 1.54) is 37.3 Å². The number of hydrogen-bond acceptors (Lipinski definition) is 3. The summed E-state index contributed by atoms with van der Waals surface area (Å²) < 4.78 is 2.24. The number of hydrogen-bond donors (Lipinski definition) is 1. The first-order chi connectivity index (χ1) is 8.77. The Labute approximate surface area is 115 Å². The molecule has 1 aromatic rings. The SMILES string of the molecule is CCSCCc1nc(C2CCCC2)n(CC)c1N. The van der Waals surface area contributed by atoms with Crippen molar-refractivity contribution >= 4 is 17.6 Å². The van der Waals surface area contributed by atoms with Crippen LogP contribution in [0.3, 0.4) is 0 Å². The number of nitrogens with two attached hydrogens (primary N) is 1. The predicted octanol–water partition coefficient (Wildman–Crippen LogP) is 3.44. The third-order valence-corrected chi connectivity index (χ3v) is 4.74. The van der Waals surface area contributed by atoms with E-state index in [4.69, 9.17) is 10.7 Å². The molecule has 0 bridgehead atoms. The normalized spacial score (nSPS) is 16.6. The van der Waals surface area contributed by atoms with Gasteiger partial charge in [-0.15, -0.1) is 0 Å². The molecule has 0 saturated heterocycles. The van der Waals surface area contributed by atoms with Gasteiger partial charge in [0.05, 0.1) is 5.69 Å². The monoisotopic (exact) mass is 267 g/mol. The Morgan fingerprint density at radius 2 is 2.06 bits per heavy atom. The number of rotatable bonds is 6. The number of aromatic nitrogens is 2. The summed E-state index contributed by atoms with van der Waals surface area (Å²) in [7, 11) is 0. The minimum atomic E-state index is 0.653. The zero-order chi connectivity index (χ0) is 13.0. The van der Waals surface area contributed by atoms with Crippen LogP contribution in [-0.2, 0) is 13.0 Å². The van der Waals surface area contributed by atoms with Gasteiger partial charge in [0.1, 0.15) is 11.6 Å². The Balaban J connectivity index is 2.15. The lowest BCUT2D eigenvalue weighted by molar-refractivity contribution is 0.603. The maximum atomic E-state index is 6.26. The Bertz CT molecular complexity index is 381. The third kappa shape index (κ3) is 2.85. The highest BCUT2D eigenvalue weighted by Crippen LogP contribution is 2.35. The van der Waals surface area contributed by atoms with Gasteiger partial charge in [-0.25, -0.2) is 4.98 Å². The molecule has 2 rings (SSSR count). The summed E-state index contributed by atoms with van der Waals surface area (Å²) in [5, 5.41) is 0. The topological polar surface area (TPSA) is 43.8 Å². The summed E-state index contributed by atoms with van der Waals surface area (Å²) >= 11 is 1.96. The summed E-state index contributed by atoms with van der Waals surface area (Å²) in [5.74, 6) is 5.12. The van der Waals surface area contributed by atoms with Crippen LogP contribution in [0.4, 0.5) is 5.82 Å². The van der Waals surface area contributed by atoms with Crippen molar-refractivity contribution in [2.24, 2.45) is 0 Å². The van der Waals surface area contributed by atoms with Crippen LogP contribution >= 0.6 is 11.8 Å². The zero-order valence-corrected chi connectivity index (χ0v) is 12.4. The van der Waals surface area contributed by atoms with E-state index in [1.807, 2.05) is 11.8 Å². The second-order valence-electron chi connectivity index (χ2n) is 4.97. The number of imidazole rings is 1. The number of aryl methyl sites for hydroxylation is 1. The first-order valence-electron chi connectivity index (χ1n) is 7.20. The molecule has 3 nitrogen and oxygen atoms in total. The fourth-order valence-electron chi connectivity index (χ4n) is 2.86. The van der Waals surface area contributed by atoms with Crippen LogP contribution in [0.1, 0.15) is 57.0 Å². The Kier molecular flexibility index (Phi) is 4.98. The molecule has 0 atom stereocenters. The molecule has 2 N–H and O–H groups in total. The quantitative estimate of drug-likeness (QED) is 0.803. The largest absolute Gasteiger partial charge is 0.384 e. The van der Waals surface area contributed by atoms with Gasteiger partial charge in [-0.05, 0) is 31.3 Å². The van der Waals surface area contributed by atoms with E-state index in [0.717, 1.165) is 30.2 Å². The van der Waals surface area contributed by atoms with Gasteiger partial charge in [0.25, 0.3) is 0 Å². The highest BCUT2D eigenvalue weighted by atomic mass is 32.2. The molecule has 4 heteroatoms. The van der Waals surface area contributed by atoms with E-state index in [-0.39, 0.29) is 0 Å². The van der Waals surface area contributed by atoms with Gasteiger partial charge in [-0.2, -0.15) is 11.8 Å². The van der Waals surface area contributed by atoms with Gasteiger partial charge in [0.15, 0.2) is 0 Å². The van der Waals surface area contributed by atoms with Gasteiger partial charge in [-0.1, -0.05) is 19.8 Å². The van der Waals surface area contributed by atoms with Crippen LogP contribution in [0.15, 0.2) is 0 Å². The summed E-state index contributed by atoms with van der Waals surface area (Å²) in [6, 6.07) is 0. The maximum absolute atomic E-state index is 6.26. The van der Waals surface area contributed by atoms with Crippen LogP contribution in [0.25, 0.3) is 0 Å². The zero-order valence-electron chi connectivity index (χ0n) is 11.6. The van der Waals surface area contributed by atoms with E-state index in [0.29, 0.717) is 5.92 Å². The summed E-state index contributed by atoms with van der Waals surface area (Å²) in [5.41, 5.74) is 7.38. The molecule has 0 aliphatic heterocycles. The minimum absolute atomic E-state index is 0.653. The lowest BCUT2D eigenvalue weighted by atomic mass is 10.1. The van der Waals surface area contributed by atoms with Crippen LogP contribution in [0.2, 0.25) is 0 Å². The predicted molar refractivity (Wildman–Crippen MR) is 80.2 cm³/mol. The van der Waals surface area contributed by atoms with Crippen molar-refractivity contribution in [3.8, 4) is 0 Å². The van der Waals surface area contributed by atoms with Crippen LogP contribution in [0.5, 0.6) is 0 Å². The first-order valence-corrected chi connectivity index (χ1v) is 8.35. The van der Waals surface area contributed by atoms with Gasteiger partial charge >= 0.3 is 0 Å². The van der Waals surface area contributed by atoms with Crippen molar-refractivity contribution in [3.05, 3.63) is 11.5 Å². The van der Waals surface area contributed by atoms with Gasteiger partial charge in [0, 0.05) is 18.9 Å². The molecule has 0 radical (unpaired) electrons. The fraction of sp³-hybridized carbons (Fsp3) is 0.786. The smallest absolute Gasteiger partial charge is 0.126 e. The van der Waals surface area contributed by atoms with E-state index in [2.05, 4.69) is 18.4 Å². The van der Waals surface area contributed by atoms with Crippen molar-refractivity contribution in [2.45, 2.75) is 58.4 Å². The molecular weight excluding hydrogens is 242 g/mol. The fourth-order valence-corrected chi connectivity index (χ4v) is 3.49. The molecule has 0 unspecified atom stereocenters. The molecule has 102 valence electrons. The van der Waals surface area contributed by atoms with Gasteiger partial charge in [0.2, 0.25) is 0 Å². The molecule has 0 amide bonds. The van der Waals surface area contributed by atoms with Crippen molar-refractivity contribution in [1.82, 2.24) is 9.55 Å². The van der Waals surface area contributed by atoms with Crippen molar-refractivity contribution in [1.29, 1.82) is 0 Å². The summed E-state index contributed by atoms with van der Waals surface area (Å²) in [6.07, 6.45) is 6.29. The van der Waals surface area contributed by atoms with Crippen LogP contribution < -0.4 is 5.73 Å². The second kappa shape index (κ2) is 6.50. The molecule has 0 aromatic carbocycles. The number of nitrogen functional groups attached to an aromatic ring is 1. The minimum Gasteiger partial charge on any atom is -0.384 e. The molecule has 1 heterocycles. The molecular formula is C14H25N3S. The highest BCUT2D eigenvalue weighted by molar-refractivity contribution is 7.99. The maximum Gasteiger partial charge on any atom is 0.126 e. The molecule has 0 spiro atoms. The molecule has 18 heavy (non-hydrogen) atoms. The Morgan fingerprint density at radius 3 is 2.67 bits per heavy atom. The van der Waals surface area contributed by atoms with Crippen molar-refractivity contribution < 1.29 is 0 Å². The van der Waals surface area contributed by atoms with E-state index in [9.17, 15) is 0 Å². The Morgan fingerprint density at radius 1 is 1.33 bits per heavy atom. The lowest BCUT2D eigenvalue weighted by Crippen LogP contribution is -2.08. The Hall–Kier alpha value is -0.640. The van der Waals surface area contributed by atoms with E-state index < -0.39 is 0 Å². The van der Waals surface area contributed by atoms with Crippen LogP contribution in [0, 0.1) is 0 Å². The number of anilines is 1. The number of nitrogens with zero attached hydrogens (tertiary/aromatic N) is 2. The number of thioether (sulfide) groups is 1. The molecule has 1 aliphatic carbocycles. The van der Waals surface area contributed by atoms with Crippen molar-refractivity contribution in [2.75, 3.05) is 17.2 Å². The molecule has 1 aliphatic rings. The second-order valence-corrected chi connectivity index (χ2v) is 6.37. The standard InChI is InChI=1S/C14H25N3S/c1-3-17-13(15)12(9-10-18-4-2)16-14(17)11-7-5-6-8-11/h11H,3-10,15H2,1-2H3. The van der Waals surface area contributed by atoms with E-state index >= 15 is 0 Å². The third-order valence-electron chi connectivity index (χ3n) is 3.84. The van der Waals surface area contributed by atoms with Crippen LogP contribution in [-0.4, -0.2) is 21.1 Å². The van der Waals surface area contributed by atoms with Gasteiger partial charge in [-0.3, -0.25) is 0 Å².